The molecule has 0 N–H and O–H groups in total. The van der Waals surface area contributed by atoms with Gasteiger partial charge in [0.05, 0.1) is 0 Å². The summed E-state index contributed by atoms with van der Waals surface area (Å²) in [7, 11) is 0. The van der Waals surface area contributed by atoms with Crippen LogP contribution in [0.4, 0.5) is 0 Å². The zero-order valence-corrected chi connectivity index (χ0v) is 19.7. The van der Waals surface area contributed by atoms with E-state index in [1.807, 2.05) is 22.7 Å². The molecule has 0 aliphatic rings. The monoisotopic (exact) mass is 430 g/mol. The first-order valence-electron chi connectivity index (χ1n) is 11.6. The van der Waals surface area contributed by atoms with Crippen molar-refractivity contribution in [3.05, 3.63) is 58.3 Å². The Hall–Kier alpha value is -1.90. The fourth-order valence-corrected chi connectivity index (χ4v) is 6.95. The number of fused-ring (bicyclic) bond motifs is 7. The maximum absolute atomic E-state index is 2.46. The van der Waals surface area contributed by atoms with Crippen LogP contribution in [0.5, 0.6) is 0 Å². The molecule has 2 aromatic heterocycles. The lowest BCUT2D eigenvalue weighted by Crippen LogP contribution is -1.80. The van der Waals surface area contributed by atoms with Gasteiger partial charge in [0.25, 0.3) is 0 Å². The van der Waals surface area contributed by atoms with Crippen LogP contribution >= 0.6 is 22.7 Å². The average Bonchev–Trinajstić information content (AvgIpc) is 3.37. The molecule has 154 valence electrons. The molecule has 30 heavy (non-hydrogen) atoms. The fraction of sp³-hybridized carbons (Fsp3) is 0.357. The number of aryl methyl sites for hydroxylation is 2. The third-order valence-electron chi connectivity index (χ3n) is 6.35. The quantitative estimate of drug-likeness (QED) is 0.170. The van der Waals surface area contributed by atoms with Gasteiger partial charge in [-0.15, -0.1) is 22.7 Å². The summed E-state index contributed by atoms with van der Waals surface area (Å²) in [5, 5.41) is 8.51. The van der Waals surface area contributed by atoms with Gasteiger partial charge >= 0.3 is 0 Å². The SMILES string of the molecule is CCCCCc1cc2c(ccc3c2ccc2c4cc(CCCCC)sc4ccc23)s1. The molecule has 0 saturated heterocycles. The number of rotatable bonds is 8. The largest absolute Gasteiger partial charge is 0.140 e. The highest BCUT2D eigenvalue weighted by Gasteiger charge is 2.11. The molecule has 0 aliphatic carbocycles. The minimum atomic E-state index is 1.22. The van der Waals surface area contributed by atoms with Crippen molar-refractivity contribution in [1.29, 1.82) is 0 Å². The molecule has 2 heteroatoms. The Kier molecular flexibility index (Phi) is 5.80. The predicted octanol–water partition coefficient (Wildman–Crippen LogP) is 9.89. The van der Waals surface area contributed by atoms with Crippen LogP contribution in [-0.2, 0) is 12.8 Å². The van der Waals surface area contributed by atoms with Crippen molar-refractivity contribution < 1.29 is 0 Å². The fourth-order valence-electron chi connectivity index (χ4n) is 4.71. The summed E-state index contributed by atoms with van der Waals surface area (Å²) < 4.78 is 2.87. The summed E-state index contributed by atoms with van der Waals surface area (Å²) >= 11 is 3.97. The van der Waals surface area contributed by atoms with Gasteiger partial charge in [-0.25, -0.2) is 0 Å². The van der Waals surface area contributed by atoms with Crippen LogP contribution in [0.1, 0.15) is 62.1 Å². The number of hydrogen-bond donors (Lipinski definition) is 0. The molecule has 0 aliphatic heterocycles. The molecule has 3 aromatic carbocycles. The van der Waals surface area contributed by atoms with Crippen molar-refractivity contribution in [2.75, 3.05) is 0 Å². The summed E-state index contributed by atoms with van der Waals surface area (Å²) in [5.41, 5.74) is 0. The van der Waals surface area contributed by atoms with E-state index in [4.69, 9.17) is 0 Å². The molecule has 0 atom stereocenters. The molecule has 5 aromatic rings. The molecular weight excluding hydrogens is 400 g/mol. The highest BCUT2D eigenvalue weighted by Crippen LogP contribution is 2.39. The Morgan fingerprint density at radius 2 is 0.900 bits per heavy atom. The van der Waals surface area contributed by atoms with Gasteiger partial charge < -0.3 is 0 Å². The third-order valence-corrected chi connectivity index (χ3v) is 8.67. The van der Waals surface area contributed by atoms with Crippen molar-refractivity contribution in [3.8, 4) is 0 Å². The molecule has 0 bridgehead atoms. The molecule has 0 saturated carbocycles. The van der Waals surface area contributed by atoms with Crippen molar-refractivity contribution in [1.82, 2.24) is 0 Å². The first kappa shape index (κ1) is 20.0. The average molecular weight is 431 g/mol. The van der Waals surface area contributed by atoms with Crippen LogP contribution in [0, 0.1) is 0 Å². The van der Waals surface area contributed by atoms with Crippen molar-refractivity contribution in [2.45, 2.75) is 65.2 Å². The first-order chi connectivity index (χ1) is 14.8. The van der Waals surface area contributed by atoms with Gasteiger partial charge in [-0.05, 0) is 71.5 Å². The van der Waals surface area contributed by atoms with E-state index in [9.17, 15) is 0 Å². The highest BCUT2D eigenvalue weighted by molar-refractivity contribution is 7.19. The minimum Gasteiger partial charge on any atom is -0.140 e. The van der Waals surface area contributed by atoms with E-state index >= 15 is 0 Å². The van der Waals surface area contributed by atoms with Gasteiger partial charge in [-0.2, -0.15) is 0 Å². The number of hydrogen-bond acceptors (Lipinski definition) is 2. The lowest BCUT2D eigenvalue weighted by molar-refractivity contribution is 0.723. The lowest BCUT2D eigenvalue weighted by atomic mass is 9.97. The van der Waals surface area contributed by atoms with Gasteiger partial charge in [0.2, 0.25) is 0 Å². The third kappa shape index (κ3) is 3.65. The standard InChI is InChI=1S/C28H30S2/c1-3-5-7-9-19-17-25-23-11-12-24-22(21(23)13-15-27(25)29-19)14-16-28-26(24)18-20(30-28)10-8-6-4-2/h11-18H,3-10H2,1-2H3. The summed E-state index contributed by atoms with van der Waals surface area (Å²) in [5.74, 6) is 0. The molecule has 0 radical (unpaired) electrons. The van der Waals surface area contributed by atoms with Crippen LogP contribution in [0.15, 0.2) is 48.5 Å². The van der Waals surface area contributed by atoms with E-state index in [0.717, 1.165) is 0 Å². The van der Waals surface area contributed by atoms with Gasteiger partial charge in [-0.1, -0.05) is 63.8 Å². The zero-order valence-electron chi connectivity index (χ0n) is 18.1. The maximum atomic E-state index is 2.46. The molecule has 0 spiro atoms. The molecule has 0 nitrogen and oxygen atoms in total. The Morgan fingerprint density at radius 3 is 1.33 bits per heavy atom. The van der Waals surface area contributed by atoms with E-state index in [1.54, 1.807) is 0 Å². The van der Waals surface area contributed by atoms with Gasteiger partial charge in [-0.3, -0.25) is 0 Å². The molecule has 0 fully saturated rings. The Labute approximate surface area is 187 Å². The van der Waals surface area contributed by atoms with Crippen molar-refractivity contribution >= 4 is 64.4 Å². The normalized spacial score (nSPS) is 12.1. The Balaban J connectivity index is 1.59. The zero-order chi connectivity index (χ0) is 20.5. The summed E-state index contributed by atoms with van der Waals surface area (Å²) in [6.45, 7) is 4.56. The van der Waals surface area contributed by atoms with Gasteiger partial charge in [0.15, 0.2) is 0 Å². The van der Waals surface area contributed by atoms with E-state index in [2.05, 4.69) is 62.4 Å². The van der Waals surface area contributed by atoms with Crippen LogP contribution in [0.25, 0.3) is 41.7 Å². The van der Waals surface area contributed by atoms with E-state index in [0.29, 0.717) is 0 Å². The molecule has 0 unspecified atom stereocenters. The van der Waals surface area contributed by atoms with Crippen LogP contribution in [0.2, 0.25) is 0 Å². The second-order valence-electron chi connectivity index (χ2n) is 8.55. The van der Waals surface area contributed by atoms with Crippen LogP contribution in [0.3, 0.4) is 0 Å². The Bertz CT molecular complexity index is 1220. The van der Waals surface area contributed by atoms with E-state index in [1.165, 1.54) is 103 Å². The maximum Gasteiger partial charge on any atom is 0.0352 e. The number of thiophene rings is 2. The van der Waals surface area contributed by atoms with E-state index < -0.39 is 0 Å². The summed E-state index contributed by atoms with van der Waals surface area (Å²) in [6, 6.07) is 19.1. The molecular formula is C28H30S2. The summed E-state index contributed by atoms with van der Waals surface area (Å²) in [4.78, 5) is 3.08. The van der Waals surface area contributed by atoms with E-state index in [-0.39, 0.29) is 0 Å². The molecule has 2 heterocycles. The molecule has 0 amide bonds. The topological polar surface area (TPSA) is 0 Å². The second kappa shape index (κ2) is 8.69. The smallest absolute Gasteiger partial charge is 0.0352 e. The lowest BCUT2D eigenvalue weighted by Gasteiger charge is -2.06. The number of unbranched alkanes of at least 4 members (excludes halogenated alkanes) is 4. The second-order valence-corrected chi connectivity index (χ2v) is 10.9. The van der Waals surface area contributed by atoms with Crippen molar-refractivity contribution in [2.24, 2.45) is 0 Å². The van der Waals surface area contributed by atoms with Crippen LogP contribution in [-0.4, -0.2) is 0 Å². The number of benzene rings is 3. The van der Waals surface area contributed by atoms with Gasteiger partial charge in [0.1, 0.15) is 0 Å². The highest BCUT2D eigenvalue weighted by atomic mass is 32.1. The van der Waals surface area contributed by atoms with Crippen molar-refractivity contribution in [3.63, 3.8) is 0 Å². The first-order valence-corrected chi connectivity index (χ1v) is 13.2. The van der Waals surface area contributed by atoms with Crippen LogP contribution < -0.4 is 0 Å². The minimum absolute atomic E-state index is 1.22. The predicted molar refractivity (Wildman–Crippen MR) is 139 cm³/mol. The van der Waals surface area contributed by atoms with Gasteiger partial charge in [0, 0.05) is 29.9 Å². The summed E-state index contributed by atoms with van der Waals surface area (Å²) in [6.07, 6.45) is 10.3. The Morgan fingerprint density at radius 1 is 0.500 bits per heavy atom. The molecule has 5 rings (SSSR count).